The summed E-state index contributed by atoms with van der Waals surface area (Å²) in [6.07, 6.45) is 1.87. The number of carboxylic acids is 1. The van der Waals surface area contributed by atoms with E-state index in [0.717, 1.165) is 22.6 Å². The number of thioether (sulfide) groups is 1. The van der Waals surface area contributed by atoms with Crippen LogP contribution in [0.4, 0.5) is 5.69 Å². The predicted octanol–water partition coefficient (Wildman–Crippen LogP) is 6.23. The minimum absolute atomic E-state index is 0.0592. The molecule has 0 spiro atoms. The molecule has 1 saturated heterocycles. The Bertz CT molecular complexity index is 1310. The number of carbonyl (C=O) groups is 2. The molecule has 0 aromatic heterocycles. The summed E-state index contributed by atoms with van der Waals surface area (Å²) in [4.78, 5) is 31.3. The van der Waals surface area contributed by atoms with Gasteiger partial charge in [0.2, 0.25) is 0 Å². The van der Waals surface area contributed by atoms with Crippen molar-refractivity contribution in [1.82, 2.24) is 4.90 Å². The summed E-state index contributed by atoms with van der Waals surface area (Å²) >= 11 is 1.37. The van der Waals surface area contributed by atoms with Crippen LogP contribution in [0, 0.1) is 5.92 Å². The van der Waals surface area contributed by atoms with Gasteiger partial charge in [-0.15, -0.1) is 0 Å². The number of methoxy groups -OCH3 is 1. The van der Waals surface area contributed by atoms with Crippen molar-refractivity contribution in [3.8, 4) is 11.5 Å². The van der Waals surface area contributed by atoms with Gasteiger partial charge in [0.1, 0.15) is 18.1 Å². The molecule has 1 heterocycles. The van der Waals surface area contributed by atoms with E-state index in [1.54, 1.807) is 36.3 Å². The Kier molecular flexibility index (Phi) is 8.30. The van der Waals surface area contributed by atoms with Crippen LogP contribution in [0.3, 0.4) is 0 Å². The number of ether oxygens (including phenoxy) is 2. The minimum Gasteiger partial charge on any atom is -0.497 e. The Morgan fingerprint density at radius 1 is 1.00 bits per heavy atom. The molecule has 1 amide bonds. The molecule has 3 aromatic rings. The molecule has 190 valence electrons. The van der Waals surface area contributed by atoms with Crippen LogP contribution in [0.5, 0.6) is 11.5 Å². The first-order chi connectivity index (χ1) is 17.8. The second-order valence-electron chi connectivity index (χ2n) is 8.87. The van der Waals surface area contributed by atoms with Crippen molar-refractivity contribution in [2.75, 3.05) is 13.7 Å². The lowest BCUT2D eigenvalue weighted by molar-refractivity contribution is -0.122. The van der Waals surface area contributed by atoms with Crippen molar-refractivity contribution in [3.63, 3.8) is 0 Å². The molecule has 1 N–H and O–H groups in total. The van der Waals surface area contributed by atoms with Gasteiger partial charge in [0.15, 0.2) is 5.17 Å². The number of aromatic carboxylic acids is 1. The normalized spacial score (nSPS) is 15.6. The average Bonchev–Trinajstić information content (AvgIpc) is 3.17. The lowest BCUT2D eigenvalue weighted by Crippen LogP contribution is -2.32. The van der Waals surface area contributed by atoms with E-state index in [1.807, 2.05) is 54.6 Å². The summed E-state index contributed by atoms with van der Waals surface area (Å²) < 4.78 is 11.0. The summed E-state index contributed by atoms with van der Waals surface area (Å²) in [6, 6.07) is 21.5. The number of benzene rings is 3. The van der Waals surface area contributed by atoms with Crippen molar-refractivity contribution >= 4 is 40.6 Å². The summed E-state index contributed by atoms with van der Waals surface area (Å²) in [5.74, 6) is 0.709. The van der Waals surface area contributed by atoms with Gasteiger partial charge in [-0.05, 0) is 83.4 Å². The summed E-state index contributed by atoms with van der Waals surface area (Å²) in [6.45, 7) is 5.05. The lowest BCUT2D eigenvalue weighted by Gasteiger charge is -2.17. The van der Waals surface area contributed by atoms with E-state index >= 15 is 0 Å². The second kappa shape index (κ2) is 11.8. The first kappa shape index (κ1) is 26.0. The Morgan fingerprint density at radius 3 is 2.24 bits per heavy atom. The number of aliphatic imine (C=N–C) groups is 1. The van der Waals surface area contributed by atoms with Crippen LogP contribution in [-0.4, -0.2) is 40.7 Å². The van der Waals surface area contributed by atoms with Gasteiger partial charge in [-0.1, -0.05) is 38.1 Å². The fraction of sp³-hybridized carbons (Fsp3) is 0.207. The van der Waals surface area contributed by atoms with Gasteiger partial charge in [0.05, 0.1) is 23.3 Å². The Morgan fingerprint density at radius 2 is 1.65 bits per heavy atom. The van der Waals surface area contributed by atoms with Crippen LogP contribution < -0.4 is 9.47 Å². The SMILES string of the molecule is COc1ccc(N=C2SC(=Cc3ccc(OCc4ccc(C(=O)O)cc4)cc3)C(=O)N2CC(C)C)cc1. The number of hydrogen-bond acceptors (Lipinski definition) is 6. The van der Waals surface area contributed by atoms with Crippen LogP contribution in [0.1, 0.15) is 35.3 Å². The molecule has 8 heteroatoms. The molecule has 1 fully saturated rings. The van der Waals surface area contributed by atoms with E-state index in [2.05, 4.69) is 13.8 Å². The van der Waals surface area contributed by atoms with Crippen LogP contribution >= 0.6 is 11.8 Å². The van der Waals surface area contributed by atoms with E-state index < -0.39 is 5.97 Å². The number of amidine groups is 1. The molecule has 0 saturated carbocycles. The highest BCUT2D eigenvalue weighted by molar-refractivity contribution is 8.18. The summed E-state index contributed by atoms with van der Waals surface area (Å²) in [5, 5.41) is 9.66. The third-order valence-electron chi connectivity index (χ3n) is 5.52. The second-order valence-corrected chi connectivity index (χ2v) is 9.88. The van der Waals surface area contributed by atoms with Crippen molar-refractivity contribution in [3.05, 3.63) is 94.4 Å². The van der Waals surface area contributed by atoms with Crippen LogP contribution in [-0.2, 0) is 11.4 Å². The molecule has 1 aliphatic rings. The van der Waals surface area contributed by atoms with Crippen LogP contribution in [0.15, 0.2) is 82.7 Å². The maximum absolute atomic E-state index is 13.2. The minimum atomic E-state index is -0.956. The molecule has 1 aliphatic heterocycles. The predicted molar refractivity (Wildman–Crippen MR) is 146 cm³/mol. The summed E-state index contributed by atoms with van der Waals surface area (Å²) in [7, 11) is 1.62. The third kappa shape index (κ3) is 6.80. The number of rotatable bonds is 9. The molecule has 0 radical (unpaired) electrons. The van der Waals surface area contributed by atoms with Gasteiger partial charge in [0.25, 0.3) is 5.91 Å². The molecule has 0 unspecified atom stereocenters. The average molecular weight is 517 g/mol. The van der Waals surface area contributed by atoms with Crippen molar-refractivity contribution in [1.29, 1.82) is 0 Å². The highest BCUT2D eigenvalue weighted by atomic mass is 32.2. The fourth-order valence-corrected chi connectivity index (χ4v) is 4.61. The van der Waals surface area contributed by atoms with Gasteiger partial charge in [-0.25, -0.2) is 9.79 Å². The van der Waals surface area contributed by atoms with Gasteiger partial charge < -0.3 is 14.6 Å². The number of hydrogen-bond donors (Lipinski definition) is 1. The topological polar surface area (TPSA) is 88.4 Å². The van der Waals surface area contributed by atoms with E-state index in [-0.39, 0.29) is 11.5 Å². The van der Waals surface area contributed by atoms with Gasteiger partial charge >= 0.3 is 5.97 Å². The standard InChI is InChI=1S/C29H28N2O5S/c1-19(2)17-31-27(32)26(37-29(31)30-23-10-14-24(35-3)15-11-23)16-20-6-12-25(13-7-20)36-18-21-4-8-22(9-5-21)28(33)34/h4-16,19H,17-18H2,1-3H3,(H,33,34). The largest absolute Gasteiger partial charge is 0.497 e. The fourth-order valence-electron chi connectivity index (χ4n) is 3.61. The Labute approximate surface area is 220 Å². The van der Waals surface area contributed by atoms with Gasteiger partial charge in [-0.3, -0.25) is 9.69 Å². The maximum Gasteiger partial charge on any atom is 0.335 e. The number of amides is 1. The Balaban J connectivity index is 1.46. The van der Waals surface area contributed by atoms with Crippen molar-refractivity contribution < 1.29 is 24.2 Å². The first-order valence-corrected chi connectivity index (χ1v) is 12.6. The third-order valence-corrected chi connectivity index (χ3v) is 6.52. The van der Waals surface area contributed by atoms with Gasteiger partial charge in [-0.2, -0.15) is 0 Å². The highest BCUT2D eigenvalue weighted by Crippen LogP contribution is 2.35. The summed E-state index contributed by atoms with van der Waals surface area (Å²) in [5.41, 5.74) is 2.75. The molecule has 0 bridgehead atoms. The quantitative estimate of drug-likeness (QED) is 0.339. The van der Waals surface area contributed by atoms with E-state index in [9.17, 15) is 9.59 Å². The Hall–Kier alpha value is -4.04. The van der Waals surface area contributed by atoms with Crippen molar-refractivity contribution in [2.24, 2.45) is 10.9 Å². The van der Waals surface area contributed by atoms with Crippen LogP contribution in [0.25, 0.3) is 6.08 Å². The number of nitrogens with zero attached hydrogens (tertiary/aromatic N) is 2. The molecule has 0 aliphatic carbocycles. The first-order valence-electron chi connectivity index (χ1n) is 11.8. The van der Waals surface area contributed by atoms with E-state index in [0.29, 0.717) is 34.9 Å². The molecule has 3 aromatic carbocycles. The number of carboxylic acid groups (broad SMARTS) is 1. The molecular formula is C29H28N2O5S. The molecular weight excluding hydrogens is 488 g/mol. The molecule has 7 nitrogen and oxygen atoms in total. The lowest BCUT2D eigenvalue weighted by atomic mass is 10.1. The zero-order valence-electron chi connectivity index (χ0n) is 20.9. The van der Waals surface area contributed by atoms with E-state index in [4.69, 9.17) is 19.6 Å². The monoisotopic (exact) mass is 516 g/mol. The smallest absolute Gasteiger partial charge is 0.335 e. The van der Waals surface area contributed by atoms with E-state index in [1.165, 1.54) is 11.8 Å². The molecule has 0 atom stereocenters. The molecule has 4 rings (SSSR count). The zero-order valence-corrected chi connectivity index (χ0v) is 21.7. The number of carbonyl (C=O) groups excluding carboxylic acids is 1. The highest BCUT2D eigenvalue weighted by Gasteiger charge is 2.33. The maximum atomic E-state index is 13.2. The zero-order chi connectivity index (χ0) is 26.4. The van der Waals surface area contributed by atoms with Crippen molar-refractivity contribution in [2.45, 2.75) is 20.5 Å². The molecule has 37 heavy (non-hydrogen) atoms. The van der Waals surface area contributed by atoms with Gasteiger partial charge in [0, 0.05) is 6.54 Å². The van der Waals surface area contributed by atoms with Crippen LogP contribution in [0.2, 0.25) is 0 Å².